The van der Waals surface area contributed by atoms with Crippen molar-refractivity contribution in [3.8, 4) is 0 Å². The molecule has 2 N–H and O–H groups in total. The van der Waals surface area contributed by atoms with Gasteiger partial charge in [0, 0.05) is 23.9 Å². The number of rotatable bonds is 7. The molecule has 1 aliphatic rings. The molecule has 0 aliphatic carbocycles. The third-order valence-electron chi connectivity index (χ3n) is 5.62. The number of carbonyl (C=O) groups excluding carboxylic acids is 2. The highest BCUT2D eigenvalue weighted by atomic mass is 32.2. The molecule has 1 aliphatic heterocycles. The predicted octanol–water partition coefficient (Wildman–Crippen LogP) is 4.27. The number of esters is 1. The Bertz CT molecular complexity index is 1430. The smallest absolute Gasteiger partial charge is 0.305 e. The van der Waals surface area contributed by atoms with Crippen molar-refractivity contribution in [2.75, 3.05) is 24.0 Å². The summed E-state index contributed by atoms with van der Waals surface area (Å²) in [5.41, 5.74) is 3.88. The lowest BCUT2D eigenvalue weighted by atomic mass is 9.98. The van der Waals surface area contributed by atoms with E-state index in [1.54, 1.807) is 12.1 Å². The minimum absolute atomic E-state index is 0.173. The Balaban J connectivity index is 1.76. The molecule has 35 heavy (non-hydrogen) atoms. The molecular weight excluding hydrogens is 471 g/mol. The van der Waals surface area contributed by atoms with Crippen LogP contribution in [-0.4, -0.2) is 33.7 Å². The molecule has 180 valence electrons. The third-order valence-corrected chi connectivity index (χ3v) is 6.74. The van der Waals surface area contributed by atoms with Crippen LogP contribution in [-0.2, 0) is 30.6 Å². The summed E-state index contributed by atoms with van der Waals surface area (Å²) >= 11 is 0. The number of halogens is 1. The number of ether oxygens (including phenoxy) is 1. The van der Waals surface area contributed by atoms with Crippen LogP contribution in [0.15, 0.2) is 71.6 Å². The van der Waals surface area contributed by atoms with E-state index in [9.17, 15) is 22.4 Å². The van der Waals surface area contributed by atoms with E-state index in [4.69, 9.17) is 0 Å². The molecule has 0 bridgehead atoms. The number of sulfone groups is 1. The number of hydrogen-bond acceptors (Lipinski definition) is 6. The molecule has 0 radical (unpaired) electrons. The van der Waals surface area contributed by atoms with E-state index in [2.05, 4.69) is 15.4 Å². The fourth-order valence-corrected chi connectivity index (χ4v) is 4.42. The SMILES string of the molecule is COC(=O)CCc1ccc(/C(Nc2ccc(S(C)(=O)=O)cc2)=C2/C(=O)Nc3cc(F)ccc32)cc1. The number of nitrogens with one attached hydrogen (secondary N) is 2. The number of methoxy groups -OCH3 is 1. The van der Waals surface area contributed by atoms with E-state index in [-0.39, 0.29) is 17.3 Å². The van der Waals surface area contributed by atoms with Crippen LogP contribution in [0.4, 0.5) is 15.8 Å². The standard InChI is InChI=1S/C26H23FN2O5S/c1-34-23(30)14-5-16-3-6-17(7-4-16)25(28-19-9-11-20(12-10-19)35(2,32)33)24-21-13-8-18(27)15-22(21)29-26(24)31/h3-4,6-13,15,28H,5,14H2,1-2H3,(H,29,31)/b25-24-. The average Bonchev–Trinajstić information content (AvgIpc) is 3.15. The summed E-state index contributed by atoms with van der Waals surface area (Å²) in [6.07, 6.45) is 1.88. The van der Waals surface area contributed by atoms with Gasteiger partial charge in [-0.25, -0.2) is 12.8 Å². The van der Waals surface area contributed by atoms with Gasteiger partial charge in [0.05, 0.1) is 29.0 Å². The molecule has 3 aromatic carbocycles. The maximum atomic E-state index is 13.8. The van der Waals surface area contributed by atoms with Gasteiger partial charge in [-0.2, -0.15) is 0 Å². The van der Waals surface area contributed by atoms with Gasteiger partial charge in [-0.3, -0.25) is 9.59 Å². The molecule has 3 aromatic rings. The zero-order valence-electron chi connectivity index (χ0n) is 19.1. The first-order chi connectivity index (χ1) is 16.7. The van der Waals surface area contributed by atoms with E-state index in [0.717, 1.165) is 11.8 Å². The van der Waals surface area contributed by atoms with Gasteiger partial charge < -0.3 is 15.4 Å². The summed E-state index contributed by atoms with van der Waals surface area (Å²) in [7, 11) is -2.02. The second-order valence-electron chi connectivity index (χ2n) is 8.09. The van der Waals surface area contributed by atoms with Crippen LogP contribution < -0.4 is 10.6 Å². The van der Waals surface area contributed by atoms with Gasteiger partial charge in [0.2, 0.25) is 0 Å². The van der Waals surface area contributed by atoms with Crippen LogP contribution in [0.3, 0.4) is 0 Å². The van der Waals surface area contributed by atoms with Gasteiger partial charge in [-0.1, -0.05) is 24.3 Å². The van der Waals surface area contributed by atoms with Crippen LogP contribution in [0.5, 0.6) is 0 Å². The number of fused-ring (bicyclic) bond motifs is 1. The van der Waals surface area contributed by atoms with Gasteiger partial charge in [-0.05, 0) is 60.0 Å². The molecule has 0 saturated heterocycles. The maximum Gasteiger partial charge on any atom is 0.305 e. The van der Waals surface area contributed by atoms with Gasteiger partial charge >= 0.3 is 5.97 Å². The quantitative estimate of drug-likeness (QED) is 0.376. The summed E-state index contributed by atoms with van der Waals surface area (Å²) in [5, 5.41) is 5.93. The lowest BCUT2D eigenvalue weighted by Gasteiger charge is -2.15. The van der Waals surface area contributed by atoms with Gasteiger partial charge in [0.1, 0.15) is 5.82 Å². The number of hydrogen-bond donors (Lipinski definition) is 2. The van der Waals surface area contributed by atoms with Crippen LogP contribution in [0.2, 0.25) is 0 Å². The fraction of sp³-hybridized carbons (Fsp3) is 0.154. The Hall–Kier alpha value is -3.98. The summed E-state index contributed by atoms with van der Waals surface area (Å²) in [5.74, 6) is -1.16. The minimum atomic E-state index is -3.36. The van der Waals surface area contributed by atoms with E-state index in [1.165, 1.54) is 37.4 Å². The topological polar surface area (TPSA) is 102 Å². The monoisotopic (exact) mass is 494 g/mol. The second-order valence-corrected chi connectivity index (χ2v) is 10.1. The average molecular weight is 495 g/mol. The number of carbonyl (C=O) groups is 2. The van der Waals surface area contributed by atoms with Crippen LogP contribution in [0.1, 0.15) is 23.1 Å². The molecule has 0 unspecified atom stereocenters. The Labute approximate surface area is 202 Å². The molecule has 1 amide bonds. The van der Waals surface area contributed by atoms with E-state index in [0.29, 0.717) is 40.2 Å². The largest absolute Gasteiger partial charge is 0.469 e. The molecule has 9 heteroatoms. The highest BCUT2D eigenvalue weighted by Gasteiger charge is 2.29. The van der Waals surface area contributed by atoms with Crippen molar-refractivity contribution in [3.63, 3.8) is 0 Å². The van der Waals surface area contributed by atoms with Gasteiger partial charge in [0.15, 0.2) is 9.84 Å². The zero-order valence-corrected chi connectivity index (χ0v) is 19.9. The van der Waals surface area contributed by atoms with Crippen molar-refractivity contribution < 1.29 is 27.1 Å². The van der Waals surface area contributed by atoms with Crippen LogP contribution in [0, 0.1) is 5.82 Å². The first-order valence-electron chi connectivity index (χ1n) is 10.7. The number of aryl methyl sites for hydroxylation is 1. The summed E-state index contributed by atoms with van der Waals surface area (Å²) in [4.78, 5) is 24.6. The Morgan fingerprint density at radius 3 is 2.34 bits per heavy atom. The normalized spacial score (nSPS) is 14.2. The lowest BCUT2D eigenvalue weighted by molar-refractivity contribution is -0.140. The lowest BCUT2D eigenvalue weighted by Crippen LogP contribution is -2.10. The first-order valence-corrected chi connectivity index (χ1v) is 12.6. The molecule has 0 saturated carbocycles. The highest BCUT2D eigenvalue weighted by Crippen LogP contribution is 2.38. The van der Waals surface area contributed by atoms with Crippen molar-refractivity contribution in [1.82, 2.24) is 0 Å². The summed E-state index contributed by atoms with van der Waals surface area (Å²) in [6, 6.07) is 17.6. The molecule has 7 nitrogen and oxygen atoms in total. The predicted molar refractivity (Wildman–Crippen MR) is 132 cm³/mol. The molecule has 0 fully saturated rings. The van der Waals surface area contributed by atoms with Gasteiger partial charge in [-0.15, -0.1) is 0 Å². The Morgan fingerprint density at radius 2 is 1.71 bits per heavy atom. The van der Waals surface area contributed by atoms with E-state index >= 15 is 0 Å². The molecule has 1 heterocycles. The summed E-state index contributed by atoms with van der Waals surface area (Å²) < 4.78 is 42.1. The van der Waals surface area contributed by atoms with Crippen LogP contribution >= 0.6 is 0 Å². The molecule has 0 aromatic heterocycles. The maximum absolute atomic E-state index is 13.8. The zero-order chi connectivity index (χ0) is 25.2. The second kappa shape index (κ2) is 9.71. The Morgan fingerprint density at radius 1 is 1.03 bits per heavy atom. The van der Waals surface area contributed by atoms with Crippen molar-refractivity contribution in [2.45, 2.75) is 17.7 Å². The highest BCUT2D eigenvalue weighted by molar-refractivity contribution is 7.90. The fourth-order valence-electron chi connectivity index (χ4n) is 3.79. The van der Waals surface area contributed by atoms with E-state index in [1.807, 2.05) is 24.3 Å². The molecule has 0 spiro atoms. The molecule has 0 atom stereocenters. The molecular formula is C26H23FN2O5S. The third kappa shape index (κ3) is 5.41. The van der Waals surface area contributed by atoms with Crippen molar-refractivity contribution in [2.24, 2.45) is 0 Å². The van der Waals surface area contributed by atoms with Crippen molar-refractivity contribution in [3.05, 3.63) is 89.2 Å². The van der Waals surface area contributed by atoms with E-state index < -0.39 is 21.6 Å². The van der Waals surface area contributed by atoms with Gasteiger partial charge in [0.25, 0.3) is 5.91 Å². The number of amides is 1. The van der Waals surface area contributed by atoms with Crippen molar-refractivity contribution in [1.29, 1.82) is 0 Å². The van der Waals surface area contributed by atoms with Crippen molar-refractivity contribution >= 4 is 44.4 Å². The summed E-state index contributed by atoms with van der Waals surface area (Å²) in [6.45, 7) is 0. The molecule has 4 rings (SSSR count). The van der Waals surface area contributed by atoms with Crippen LogP contribution in [0.25, 0.3) is 11.3 Å². The number of benzene rings is 3. The minimum Gasteiger partial charge on any atom is -0.469 e. The number of anilines is 2. The first kappa shape index (κ1) is 24.2. The Kier molecular flexibility index (Phi) is 6.70.